The first-order chi connectivity index (χ1) is 16.1. The van der Waals surface area contributed by atoms with Crippen molar-refractivity contribution in [2.75, 3.05) is 48.7 Å². The average Bonchev–Trinajstić information content (AvgIpc) is 3.25. The molecule has 0 saturated heterocycles. The van der Waals surface area contributed by atoms with Gasteiger partial charge in [0.25, 0.3) is 0 Å². The van der Waals surface area contributed by atoms with Gasteiger partial charge in [0, 0.05) is 23.6 Å². The van der Waals surface area contributed by atoms with Gasteiger partial charge in [0.05, 0.1) is 53.0 Å². The number of thiazole rings is 1. The van der Waals surface area contributed by atoms with Crippen molar-refractivity contribution in [3.63, 3.8) is 0 Å². The van der Waals surface area contributed by atoms with Gasteiger partial charge < -0.3 is 23.7 Å². The van der Waals surface area contributed by atoms with Crippen LogP contribution in [-0.4, -0.2) is 59.1 Å². The predicted octanol–water partition coefficient (Wildman–Crippen LogP) is 4.07. The minimum absolute atomic E-state index is 0.516. The monoisotopic (exact) mass is 471 g/mol. The lowest BCUT2D eigenvalue weighted by Gasteiger charge is -2.13. The maximum atomic E-state index is 5.62. The molecule has 0 amide bonds. The SMILES string of the molecule is COCCN=c1scc(-c2cc(OC)ccc2OC)n1/N=C(/C)c1cc(OC)ccc1OC. The van der Waals surface area contributed by atoms with Crippen LogP contribution in [0.4, 0.5) is 0 Å². The third-order valence-corrected chi connectivity index (χ3v) is 5.81. The van der Waals surface area contributed by atoms with Gasteiger partial charge in [0.1, 0.15) is 23.0 Å². The van der Waals surface area contributed by atoms with E-state index in [0.29, 0.717) is 24.7 Å². The van der Waals surface area contributed by atoms with E-state index in [1.165, 1.54) is 11.3 Å². The van der Waals surface area contributed by atoms with Gasteiger partial charge in [-0.25, -0.2) is 4.68 Å². The van der Waals surface area contributed by atoms with E-state index in [1.807, 2.05) is 53.4 Å². The van der Waals surface area contributed by atoms with Crippen LogP contribution in [0.5, 0.6) is 23.0 Å². The highest BCUT2D eigenvalue weighted by atomic mass is 32.1. The van der Waals surface area contributed by atoms with Crippen molar-refractivity contribution in [2.24, 2.45) is 10.1 Å². The Kier molecular flexibility index (Phi) is 8.51. The van der Waals surface area contributed by atoms with Gasteiger partial charge in [-0.05, 0) is 43.3 Å². The number of nitrogens with zero attached hydrogens (tertiary/aromatic N) is 3. The number of aromatic nitrogens is 1. The normalized spacial score (nSPS) is 12.1. The number of hydrogen-bond acceptors (Lipinski definition) is 8. The van der Waals surface area contributed by atoms with Crippen LogP contribution < -0.4 is 23.7 Å². The summed E-state index contributed by atoms with van der Waals surface area (Å²) in [5, 5.41) is 6.94. The summed E-state index contributed by atoms with van der Waals surface area (Å²) >= 11 is 1.49. The number of rotatable bonds is 10. The highest BCUT2D eigenvalue weighted by Crippen LogP contribution is 2.34. The first kappa shape index (κ1) is 24.3. The molecule has 0 spiro atoms. The van der Waals surface area contributed by atoms with Crippen LogP contribution in [0.2, 0.25) is 0 Å². The van der Waals surface area contributed by atoms with Crippen molar-refractivity contribution >= 4 is 17.0 Å². The lowest BCUT2D eigenvalue weighted by Crippen LogP contribution is -2.16. The third kappa shape index (κ3) is 5.55. The van der Waals surface area contributed by atoms with Crippen molar-refractivity contribution < 1.29 is 23.7 Å². The molecule has 8 nitrogen and oxygen atoms in total. The van der Waals surface area contributed by atoms with Gasteiger partial charge in [-0.3, -0.25) is 4.99 Å². The minimum atomic E-state index is 0.516. The van der Waals surface area contributed by atoms with Crippen LogP contribution in [0.3, 0.4) is 0 Å². The van der Waals surface area contributed by atoms with E-state index in [2.05, 4.69) is 4.99 Å². The molecular weight excluding hydrogens is 442 g/mol. The van der Waals surface area contributed by atoms with Gasteiger partial charge in [0.15, 0.2) is 0 Å². The van der Waals surface area contributed by atoms with Crippen molar-refractivity contribution in [1.29, 1.82) is 0 Å². The molecular formula is C24H29N3O5S. The Bertz CT molecular complexity index is 1180. The molecule has 0 unspecified atom stereocenters. The Morgan fingerprint density at radius 1 is 0.879 bits per heavy atom. The summed E-state index contributed by atoms with van der Waals surface area (Å²) in [6.45, 7) is 2.96. The molecule has 3 aromatic rings. The quantitative estimate of drug-likeness (QED) is 0.329. The molecule has 0 fully saturated rings. The molecule has 0 aliphatic heterocycles. The highest BCUT2D eigenvalue weighted by molar-refractivity contribution is 7.07. The average molecular weight is 472 g/mol. The zero-order valence-electron chi connectivity index (χ0n) is 19.7. The fourth-order valence-corrected chi connectivity index (χ4v) is 4.09. The first-order valence-electron chi connectivity index (χ1n) is 10.3. The van der Waals surface area contributed by atoms with Crippen LogP contribution in [0.25, 0.3) is 11.3 Å². The lowest BCUT2D eigenvalue weighted by atomic mass is 10.1. The molecule has 33 heavy (non-hydrogen) atoms. The number of benzene rings is 2. The van der Waals surface area contributed by atoms with Crippen LogP contribution in [-0.2, 0) is 4.74 Å². The largest absolute Gasteiger partial charge is 0.497 e. The van der Waals surface area contributed by atoms with Gasteiger partial charge >= 0.3 is 0 Å². The second-order valence-corrected chi connectivity index (χ2v) is 7.74. The Balaban J connectivity index is 2.22. The second-order valence-electron chi connectivity index (χ2n) is 6.91. The number of ether oxygens (including phenoxy) is 5. The first-order valence-corrected chi connectivity index (χ1v) is 11.1. The lowest BCUT2D eigenvalue weighted by molar-refractivity contribution is 0.207. The van der Waals surface area contributed by atoms with E-state index in [0.717, 1.165) is 38.8 Å². The maximum absolute atomic E-state index is 5.62. The molecule has 0 atom stereocenters. The maximum Gasteiger partial charge on any atom is 0.206 e. The third-order valence-electron chi connectivity index (χ3n) is 4.96. The molecule has 3 rings (SSSR count). The highest BCUT2D eigenvalue weighted by Gasteiger charge is 2.16. The van der Waals surface area contributed by atoms with E-state index in [1.54, 1.807) is 35.5 Å². The smallest absolute Gasteiger partial charge is 0.206 e. The zero-order chi connectivity index (χ0) is 23.8. The van der Waals surface area contributed by atoms with Crippen molar-refractivity contribution in [3.05, 3.63) is 52.1 Å². The van der Waals surface area contributed by atoms with E-state index in [9.17, 15) is 0 Å². The number of methoxy groups -OCH3 is 5. The van der Waals surface area contributed by atoms with E-state index in [4.69, 9.17) is 28.8 Å². The summed E-state index contributed by atoms with van der Waals surface area (Å²) in [6, 6.07) is 11.3. The zero-order valence-corrected chi connectivity index (χ0v) is 20.6. The molecule has 0 aliphatic carbocycles. The minimum Gasteiger partial charge on any atom is -0.497 e. The fourth-order valence-electron chi connectivity index (χ4n) is 3.24. The molecule has 1 heterocycles. The van der Waals surface area contributed by atoms with E-state index in [-0.39, 0.29) is 0 Å². The Morgan fingerprint density at radius 3 is 2.18 bits per heavy atom. The van der Waals surface area contributed by atoms with Crippen LogP contribution >= 0.6 is 11.3 Å². The van der Waals surface area contributed by atoms with E-state index < -0.39 is 0 Å². The van der Waals surface area contributed by atoms with Crippen LogP contribution in [0, 0.1) is 0 Å². The summed E-state index contributed by atoms with van der Waals surface area (Å²) < 4.78 is 29.0. The van der Waals surface area contributed by atoms with Crippen molar-refractivity contribution in [1.82, 2.24) is 4.68 Å². The molecule has 1 aromatic heterocycles. The van der Waals surface area contributed by atoms with Crippen molar-refractivity contribution in [2.45, 2.75) is 6.92 Å². The fraction of sp³-hybridized carbons (Fsp3) is 0.333. The van der Waals surface area contributed by atoms with Crippen LogP contribution in [0.15, 0.2) is 51.9 Å². The Morgan fingerprint density at radius 2 is 1.55 bits per heavy atom. The molecule has 176 valence electrons. The van der Waals surface area contributed by atoms with Crippen LogP contribution in [0.1, 0.15) is 12.5 Å². The standard InChI is InChI=1S/C24H29N3O5S/c1-16(19-13-17(29-3)7-9-22(19)31-5)26-27-21(15-33-24(27)25-11-12-28-2)20-14-18(30-4)8-10-23(20)32-6/h7-10,13-15H,11-12H2,1-6H3/b25-24?,26-16-. The topological polar surface area (TPSA) is 75.8 Å². The Labute approximate surface area is 197 Å². The molecule has 0 bridgehead atoms. The molecule has 0 N–H and O–H groups in total. The van der Waals surface area contributed by atoms with Gasteiger partial charge in [-0.2, -0.15) is 5.10 Å². The van der Waals surface area contributed by atoms with E-state index >= 15 is 0 Å². The Hall–Kier alpha value is -3.30. The molecule has 0 radical (unpaired) electrons. The van der Waals surface area contributed by atoms with Crippen molar-refractivity contribution in [3.8, 4) is 34.3 Å². The summed E-state index contributed by atoms with van der Waals surface area (Å²) in [7, 11) is 8.19. The summed E-state index contributed by atoms with van der Waals surface area (Å²) in [5.41, 5.74) is 3.23. The summed E-state index contributed by atoms with van der Waals surface area (Å²) in [5.74, 6) is 2.84. The van der Waals surface area contributed by atoms with Gasteiger partial charge in [-0.15, -0.1) is 11.3 Å². The predicted molar refractivity (Wildman–Crippen MR) is 130 cm³/mol. The molecule has 0 aliphatic rings. The van der Waals surface area contributed by atoms with Gasteiger partial charge in [-0.1, -0.05) is 0 Å². The molecule has 2 aromatic carbocycles. The molecule has 0 saturated carbocycles. The number of hydrogen-bond donors (Lipinski definition) is 0. The molecule has 9 heteroatoms. The summed E-state index contributed by atoms with van der Waals surface area (Å²) in [4.78, 5) is 5.41. The second kappa shape index (κ2) is 11.5. The van der Waals surface area contributed by atoms with Gasteiger partial charge in [0.2, 0.25) is 4.80 Å². The summed E-state index contributed by atoms with van der Waals surface area (Å²) in [6.07, 6.45) is 0.